The van der Waals surface area contributed by atoms with Gasteiger partial charge in [0, 0.05) is 0 Å². The lowest BCUT2D eigenvalue weighted by molar-refractivity contribution is -0.435. The van der Waals surface area contributed by atoms with Crippen LogP contribution >= 0.6 is 24.6 Å². The molecule has 0 aromatic carbocycles. The monoisotopic (exact) mass is 698 g/mol. The van der Waals surface area contributed by atoms with Gasteiger partial charge in [0.25, 0.3) is 0 Å². The van der Waals surface area contributed by atoms with E-state index in [1.54, 1.807) is 0 Å². The van der Waals surface area contributed by atoms with E-state index < -0.39 is 34.1 Å². The lowest BCUT2D eigenvalue weighted by Crippen LogP contribution is -2.61. The van der Waals surface area contributed by atoms with Crippen molar-refractivity contribution in [3.63, 3.8) is 0 Å². The Bertz CT molecular complexity index is 1140. The van der Waals surface area contributed by atoms with Crippen molar-refractivity contribution in [2.24, 2.45) is 58.2 Å². The van der Waals surface area contributed by atoms with Crippen LogP contribution in [-0.4, -0.2) is 41.8 Å². The summed E-state index contributed by atoms with van der Waals surface area (Å²) in [6, 6.07) is 0. The number of rotatable bonds is 15. The summed E-state index contributed by atoms with van der Waals surface area (Å²) >= 11 is 0.847. The van der Waals surface area contributed by atoms with Crippen LogP contribution in [0.2, 0.25) is 0 Å². The van der Waals surface area contributed by atoms with E-state index in [2.05, 4.69) is 79.0 Å². The molecule has 15 heteroatoms. The molecule has 4 fully saturated rings. The van der Waals surface area contributed by atoms with E-state index in [9.17, 15) is 13.0 Å². The zero-order valence-corrected chi connectivity index (χ0v) is 29.4. The second-order valence-corrected chi connectivity index (χ2v) is 16.5. The van der Waals surface area contributed by atoms with Crippen molar-refractivity contribution in [1.82, 2.24) is 0 Å². The highest BCUT2D eigenvalue weighted by atomic mass is 32.3. The Balaban J connectivity index is 1.62. The fourth-order valence-electron chi connectivity index (χ4n) is 10.2. The summed E-state index contributed by atoms with van der Waals surface area (Å²) in [5, 5.41) is 24.5. The molecule has 0 radical (unpaired) electrons. The molecule has 0 saturated heterocycles. The van der Waals surface area contributed by atoms with Crippen molar-refractivity contribution >= 4 is 35.0 Å². The average molecular weight is 699 g/mol. The molecule has 0 aromatic rings. The van der Waals surface area contributed by atoms with E-state index in [1.165, 1.54) is 5.57 Å². The van der Waals surface area contributed by atoms with Gasteiger partial charge in [-0.2, -0.15) is 8.42 Å². The molecule has 0 aliphatic heterocycles. The predicted molar refractivity (Wildman–Crippen MR) is 168 cm³/mol. The highest BCUT2D eigenvalue weighted by Crippen LogP contribution is 2.69. The molecule has 4 rings (SSSR count). The van der Waals surface area contributed by atoms with Crippen LogP contribution in [0, 0.1) is 58.2 Å². The molecule has 4 aliphatic rings. The number of fused-ring (bicyclic) bond motifs is 5. The maximum absolute atomic E-state index is 12.2. The summed E-state index contributed by atoms with van der Waals surface area (Å²) in [5.74, 6) is 2.17. The first-order chi connectivity index (χ1) is 21.2. The van der Waals surface area contributed by atoms with Gasteiger partial charge in [-0.25, -0.2) is 14.7 Å². The second-order valence-electron chi connectivity index (χ2n) is 14.5. The summed E-state index contributed by atoms with van der Waals surface area (Å²) in [4.78, 5) is 0. The highest BCUT2D eigenvalue weighted by Gasteiger charge is 2.64. The fraction of sp³-hybridized carbons (Fsp3) is 0.867. The fourth-order valence-corrected chi connectivity index (χ4v) is 11.4. The maximum Gasteiger partial charge on any atom is 0.397 e. The maximum atomic E-state index is 12.2. The van der Waals surface area contributed by atoms with Crippen LogP contribution in [0.1, 0.15) is 86.5 Å². The Morgan fingerprint density at radius 2 is 1.51 bits per heavy atom. The predicted octanol–water partition coefficient (Wildman–Crippen LogP) is 7.83. The first-order valence-electron chi connectivity index (χ1n) is 15.8. The zero-order valence-electron chi connectivity index (χ0n) is 26.9. The SMILES string of the molecule is C=C(C)C(C=CC(C)C1CCC2[C@@H]3CC(OS(=O)(=O)O)C4CC(OSOOO)[C@@H](OSOOO)C[C@]4(C)C3CC[C@]12C)C(C)C. The van der Waals surface area contributed by atoms with E-state index in [1.807, 2.05) is 0 Å². The van der Waals surface area contributed by atoms with Crippen molar-refractivity contribution in [1.29, 1.82) is 0 Å². The minimum absolute atomic E-state index is 0.0734. The van der Waals surface area contributed by atoms with Gasteiger partial charge in [-0.1, -0.05) is 69.0 Å². The smallest absolute Gasteiger partial charge is 0.283 e. The first-order valence-corrected chi connectivity index (χ1v) is 18.5. The Kier molecular flexibility index (Phi) is 12.9. The molecular formula is C30H50O12S3. The third kappa shape index (κ3) is 8.31. The Morgan fingerprint density at radius 1 is 0.889 bits per heavy atom. The summed E-state index contributed by atoms with van der Waals surface area (Å²) in [6.45, 7) is 17.6. The van der Waals surface area contributed by atoms with E-state index in [-0.39, 0.29) is 23.2 Å². The molecule has 260 valence electrons. The van der Waals surface area contributed by atoms with Crippen molar-refractivity contribution in [2.75, 3.05) is 0 Å². The summed E-state index contributed by atoms with van der Waals surface area (Å²) in [7, 11) is -4.74. The lowest BCUT2D eigenvalue weighted by Gasteiger charge is -2.63. The minimum Gasteiger partial charge on any atom is -0.283 e. The van der Waals surface area contributed by atoms with Crippen molar-refractivity contribution in [2.45, 2.75) is 105 Å². The minimum atomic E-state index is -4.74. The van der Waals surface area contributed by atoms with Crippen LogP contribution in [0.25, 0.3) is 0 Å². The van der Waals surface area contributed by atoms with Crippen LogP contribution in [0.3, 0.4) is 0 Å². The Labute approximate surface area is 276 Å². The summed E-state index contributed by atoms with van der Waals surface area (Å²) in [5.41, 5.74) is 0.798. The third-order valence-electron chi connectivity index (χ3n) is 11.9. The molecule has 45 heavy (non-hydrogen) atoms. The highest BCUT2D eigenvalue weighted by molar-refractivity contribution is 7.90. The van der Waals surface area contributed by atoms with Crippen LogP contribution < -0.4 is 0 Å². The number of hydrogen-bond acceptors (Lipinski definition) is 13. The van der Waals surface area contributed by atoms with Gasteiger partial charge in [-0.05, 0) is 110 Å². The van der Waals surface area contributed by atoms with E-state index in [4.69, 9.17) is 23.1 Å². The molecular weight excluding hydrogens is 649 g/mol. The van der Waals surface area contributed by atoms with Crippen molar-refractivity contribution in [3.8, 4) is 0 Å². The van der Waals surface area contributed by atoms with Crippen LogP contribution in [0.15, 0.2) is 24.3 Å². The van der Waals surface area contributed by atoms with Gasteiger partial charge >= 0.3 is 10.4 Å². The molecule has 0 amide bonds. The average Bonchev–Trinajstić information content (AvgIpc) is 3.30. The Morgan fingerprint density at radius 3 is 2.09 bits per heavy atom. The Hall–Kier alpha value is -0.270. The molecule has 0 spiro atoms. The van der Waals surface area contributed by atoms with Crippen LogP contribution in [0.4, 0.5) is 0 Å². The largest absolute Gasteiger partial charge is 0.397 e. The van der Waals surface area contributed by atoms with Gasteiger partial charge in [0.15, 0.2) is 24.6 Å². The first kappa shape index (κ1) is 37.5. The molecule has 4 saturated carbocycles. The molecule has 12 nitrogen and oxygen atoms in total. The van der Waals surface area contributed by atoms with Crippen molar-refractivity contribution < 1.29 is 54.8 Å². The van der Waals surface area contributed by atoms with Gasteiger partial charge in [0.2, 0.25) is 0 Å². The molecule has 4 aliphatic carbocycles. The third-order valence-corrected chi connectivity index (χ3v) is 13.3. The van der Waals surface area contributed by atoms with Gasteiger partial charge < -0.3 is 0 Å². The number of allylic oxidation sites excluding steroid dienone is 3. The summed E-state index contributed by atoms with van der Waals surface area (Å²) in [6.07, 6.45) is 8.10. The topological polar surface area (TPSA) is 159 Å². The number of hydrogen-bond donors (Lipinski definition) is 3. The molecule has 3 N–H and O–H groups in total. The van der Waals surface area contributed by atoms with E-state index in [0.29, 0.717) is 73.5 Å². The molecule has 12 atom stereocenters. The zero-order chi connectivity index (χ0) is 33.2. The van der Waals surface area contributed by atoms with E-state index >= 15 is 0 Å². The molecule has 0 heterocycles. The summed E-state index contributed by atoms with van der Waals surface area (Å²) < 4.78 is 60.1. The van der Waals surface area contributed by atoms with Crippen molar-refractivity contribution in [3.05, 3.63) is 24.3 Å². The molecule has 8 unspecified atom stereocenters. The van der Waals surface area contributed by atoms with Gasteiger partial charge in [-0.3, -0.25) is 12.9 Å². The molecule has 0 aromatic heterocycles. The van der Waals surface area contributed by atoms with Gasteiger partial charge in [-0.15, -0.1) is 8.67 Å². The standard InChI is InChI=1S/C30H50O12S3/c1-17(2)20(18(3)4)9-8-19(5)22-10-11-23-21-14-26(38-45(33,34)35)25-15-27(36-43-41-39-31)28(37-44-42-40-32)16-30(25,7)24(21)12-13-29(22,23)6/h8-9,18-28,31-32H,1,10-16H2,2-7H3,(H,33,34,35)/t19?,20?,21-,22?,23?,24?,25?,26?,27?,28-,29+,30+/m0/s1. The van der Waals surface area contributed by atoms with Crippen LogP contribution in [-0.2, 0) is 41.7 Å². The van der Waals surface area contributed by atoms with Crippen LogP contribution in [0.5, 0.6) is 0 Å². The van der Waals surface area contributed by atoms with Gasteiger partial charge in [0.05, 0.1) is 6.10 Å². The molecule has 0 bridgehead atoms. The normalized spacial score (nSPS) is 39.8. The lowest BCUT2D eigenvalue weighted by atomic mass is 9.43. The quantitative estimate of drug-likeness (QED) is 0.0379. The van der Waals surface area contributed by atoms with E-state index in [0.717, 1.165) is 25.7 Å². The van der Waals surface area contributed by atoms with Gasteiger partial charge in [0.1, 0.15) is 12.2 Å². The second kappa shape index (κ2) is 15.5.